The van der Waals surface area contributed by atoms with E-state index in [1.807, 2.05) is 6.20 Å². The highest BCUT2D eigenvalue weighted by atomic mass is 16.5. The predicted molar refractivity (Wildman–Crippen MR) is 85.2 cm³/mol. The third kappa shape index (κ3) is 5.27. The zero-order chi connectivity index (χ0) is 15.3. The summed E-state index contributed by atoms with van der Waals surface area (Å²) in [5, 5.41) is 3.34. The van der Waals surface area contributed by atoms with E-state index in [4.69, 9.17) is 4.74 Å². The van der Waals surface area contributed by atoms with Crippen LogP contribution in [0.5, 0.6) is 5.88 Å². The molecule has 0 bridgehead atoms. The second-order valence-corrected chi connectivity index (χ2v) is 7.18. The molecule has 0 aromatic carbocycles. The molecule has 1 heterocycles. The van der Waals surface area contributed by atoms with Crippen molar-refractivity contribution in [1.82, 2.24) is 15.3 Å². The average molecular weight is 291 g/mol. The van der Waals surface area contributed by atoms with Crippen LogP contribution in [-0.2, 0) is 6.54 Å². The van der Waals surface area contributed by atoms with Crippen LogP contribution < -0.4 is 10.1 Å². The van der Waals surface area contributed by atoms with Gasteiger partial charge >= 0.3 is 0 Å². The van der Waals surface area contributed by atoms with Crippen molar-refractivity contribution < 1.29 is 4.74 Å². The lowest BCUT2D eigenvalue weighted by atomic mass is 9.71. The molecule has 1 aromatic heterocycles. The molecular formula is C17H29N3O. The maximum absolute atomic E-state index is 6.11. The van der Waals surface area contributed by atoms with Crippen LogP contribution in [0.15, 0.2) is 12.4 Å². The molecule has 0 radical (unpaired) electrons. The van der Waals surface area contributed by atoms with Gasteiger partial charge in [0.25, 0.3) is 0 Å². The molecule has 21 heavy (non-hydrogen) atoms. The van der Waals surface area contributed by atoms with Crippen molar-refractivity contribution >= 4 is 0 Å². The molecule has 2 atom stereocenters. The predicted octanol–water partition coefficient (Wildman–Crippen LogP) is 3.57. The number of rotatable bonds is 6. The van der Waals surface area contributed by atoms with E-state index < -0.39 is 0 Å². The summed E-state index contributed by atoms with van der Waals surface area (Å²) in [6.07, 6.45) is 8.41. The molecule has 1 saturated carbocycles. The molecule has 0 amide bonds. The van der Waals surface area contributed by atoms with E-state index in [9.17, 15) is 0 Å². The first-order valence-electron chi connectivity index (χ1n) is 8.17. The number of nitrogens with one attached hydrogen (secondary N) is 1. The number of hydrogen-bond donors (Lipinski definition) is 1. The van der Waals surface area contributed by atoms with Gasteiger partial charge in [0.1, 0.15) is 6.10 Å². The molecule has 0 aliphatic heterocycles. The highest BCUT2D eigenvalue weighted by molar-refractivity contribution is 5.09. The minimum Gasteiger partial charge on any atom is -0.473 e. The van der Waals surface area contributed by atoms with E-state index in [2.05, 4.69) is 43.0 Å². The summed E-state index contributed by atoms with van der Waals surface area (Å²) in [4.78, 5) is 8.82. The number of hydrogen-bond acceptors (Lipinski definition) is 4. The van der Waals surface area contributed by atoms with E-state index in [0.29, 0.717) is 17.2 Å². The molecule has 118 valence electrons. The van der Waals surface area contributed by atoms with Crippen LogP contribution in [0.1, 0.15) is 59.1 Å². The monoisotopic (exact) mass is 291 g/mol. The molecule has 0 spiro atoms. The molecule has 2 unspecified atom stereocenters. The Morgan fingerprint density at radius 1 is 1.33 bits per heavy atom. The maximum atomic E-state index is 6.11. The zero-order valence-corrected chi connectivity index (χ0v) is 13.9. The molecule has 4 heteroatoms. The van der Waals surface area contributed by atoms with Gasteiger partial charge in [-0.15, -0.1) is 0 Å². The minimum atomic E-state index is 0.261. The summed E-state index contributed by atoms with van der Waals surface area (Å²) in [7, 11) is 0. The maximum Gasteiger partial charge on any atom is 0.232 e. The number of ether oxygens (including phenoxy) is 1. The first kappa shape index (κ1) is 16.2. The largest absolute Gasteiger partial charge is 0.473 e. The summed E-state index contributed by atoms with van der Waals surface area (Å²) in [5.74, 6) is 1.38. The molecule has 1 N–H and O–H groups in total. The molecular weight excluding hydrogens is 262 g/mol. The third-order valence-corrected chi connectivity index (χ3v) is 4.03. The van der Waals surface area contributed by atoms with E-state index in [1.165, 1.54) is 6.42 Å². The van der Waals surface area contributed by atoms with Gasteiger partial charge < -0.3 is 10.1 Å². The van der Waals surface area contributed by atoms with E-state index in [-0.39, 0.29) is 6.10 Å². The topological polar surface area (TPSA) is 47.0 Å². The highest BCUT2D eigenvalue weighted by Crippen LogP contribution is 2.39. The fraction of sp³-hybridized carbons (Fsp3) is 0.765. The summed E-state index contributed by atoms with van der Waals surface area (Å²) in [6.45, 7) is 10.9. The van der Waals surface area contributed by atoms with Crippen molar-refractivity contribution in [2.45, 2.75) is 66.0 Å². The molecule has 2 rings (SSSR count). The van der Waals surface area contributed by atoms with Crippen LogP contribution in [0.25, 0.3) is 0 Å². The van der Waals surface area contributed by atoms with Crippen molar-refractivity contribution in [2.75, 3.05) is 6.54 Å². The Labute approximate surface area is 128 Å². The molecule has 1 aliphatic rings. The average Bonchev–Trinajstić information content (AvgIpc) is 2.37. The summed E-state index contributed by atoms with van der Waals surface area (Å²) >= 11 is 0. The SMILES string of the molecule is CCCNCc1cncc(OC2CC(C)CC(C)(C)C2)n1. The smallest absolute Gasteiger partial charge is 0.232 e. The molecule has 1 aromatic rings. The lowest BCUT2D eigenvalue weighted by Gasteiger charge is -2.38. The molecule has 1 aliphatic carbocycles. The van der Waals surface area contributed by atoms with Gasteiger partial charge in [-0.3, -0.25) is 4.98 Å². The first-order valence-corrected chi connectivity index (χ1v) is 8.17. The Morgan fingerprint density at radius 2 is 2.14 bits per heavy atom. The Bertz CT molecular complexity index is 447. The lowest BCUT2D eigenvalue weighted by molar-refractivity contribution is 0.0528. The van der Waals surface area contributed by atoms with Gasteiger partial charge in [-0.05, 0) is 43.6 Å². The Hall–Kier alpha value is -1.16. The van der Waals surface area contributed by atoms with Crippen molar-refractivity contribution in [1.29, 1.82) is 0 Å². The van der Waals surface area contributed by atoms with Gasteiger partial charge in [0, 0.05) is 12.7 Å². The van der Waals surface area contributed by atoms with Crippen LogP contribution in [0, 0.1) is 11.3 Å². The Morgan fingerprint density at radius 3 is 2.86 bits per heavy atom. The van der Waals surface area contributed by atoms with Crippen LogP contribution in [0.4, 0.5) is 0 Å². The van der Waals surface area contributed by atoms with E-state index in [1.54, 1.807) is 6.20 Å². The lowest BCUT2D eigenvalue weighted by Crippen LogP contribution is -2.34. The van der Waals surface area contributed by atoms with Gasteiger partial charge in [-0.25, -0.2) is 4.98 Å². The standard InChI is InChI=1S/C17H29N3O/c1-5-6-18-10-14-11-19-12-16(20-14)21-15-7-13(2)8-17(3,4)9-15/h11-13,15,18H,5-10H2,1-4H3. The first-order chi connectivity index (χ1) is 9.98. The Kier molecular flexibility index (Phi) is 5.57. The normalized spacial score (nSPS) is 24.8. The van der Waals surface area contributed by atoms with Gasteiger partial charge in [-0.1, -0.05) is 27.7 Å². The third-order valence-electron chi connectivity index (χ3n) is 4.03. The fourth-order valence-electron chi connectivity index (χ4n) is 3.44. The van der Waals surface area contributed by atoms with Crippen LogP contribution in [0.3, 0.4) is 0 Å². The van der Waals surface area contributed by atoms with Crippen molar-refractivity contribution in [3.05, 3.63) is 18.1 Å². The van der Waals surface area contributed by atoms with Crippen LogP contribution in [0.2, 0.25) is 0 Å². The summed E-state index contributed by atoms with van der Waals surface area (Å²) < 4.78 is 6.11. The van der Waals surface area contributed by atoms with Crippen molar-refractivity contribution in [3.8, 4) is 5.88 Å². The summed E-state index contributed by atoms with van der Waals surface area (Å²) in [6, 6.07) is 0. The second kappa shape index (κ2) is 7.21. The van der Waals surface area contributed by atoms with Crippen molar-refractivity contribution in [3.63, 3.8) is 0 Å². The van der Waals surface area contributed by atoms with Gasteiger partial charge in [0.2, 0.25) is 5.88 Å². The van der Waals surface area contributed by atoms with Crippen LogP contribution >= 0.6 is 0 Å². The van der Waals surface area contributed by atoms with Crippen LogP contribution in [-0.4, -0.2) is 22.6 Å². The Balaban J connectivity index is 1.94. The molecule has 4 nitrogen and oxygen atoms in total. The highest BCUT2D eigenvalue weighted by Gasteiger charge is 2.33. The second-order valence-electron chi connectivity index (χ2n) is 7.18. The summed E-state index contributed by atoms with van der Waals surface area (Å²) in [5.41, 5.74) is 1.31. The molecule has 1 fully saturated rings. The van der Waals surface area contributed by atoms with E-state index >= 15 is 0 Å². The quantitative estimate of drug-likeness (QED) is 0.814. The van der Waals surface area contributed by atoms with E-state index in [0.717, 1.165) is 38.0 Å². The van der Waals surface area contributed by atoms with Gasteiger partial charge in [-0.2, -0.15) is 0 Å². The number of nitrogens with zero attached hydrogens (tertiary/aromatic N) is 2. The number of aromatic nitrogens is 2. The fourth-order valence-corrected chi connectivity index (χ4v) is 3.44. The van der Waals surface area contributed by atoms with Gasteiger partial charge in [0.15, 0.2) is 0 Å². The van der Waals surface area contributed by atoms with Crippen molar-refractivity contribution in [2.24, 2.45) is 11.3 Å². The minimum absolute atomic E-state index is 0.261. The molecule has 0 saturated heterocycles. The zero-order valence-electron chi connectivity index (χ0n) is 13.9. The van der Waals surface area contributed by atoms with Gasteiger partial charge in [0.05, 0.1) is 11.9 Å².